The van der Waals surface area contributed by atoms with Gasteiger partial charge in [-0.25, -0.2) is 4.99 Å². The number of fused-ring (bicyclic) bond motifs is 1. The van der Waals surface area contributed by atoms with Crippen LogP contribution in [0.4, 0.5) is 17.3 Å². The number of aromatic nitrogens is 2. The van der Waals surface area contributed by atoms with E-state index in [9.17, 15) is 0 Å². The second-order valence-corrected chi connectivity index (χ2v) is 5.37. The average molecular weight is 304 g/mol. The molecule has 3 aromatic rings. The van der Waals surface area contributed by atoms with Crippen molar-refractivity contribution in [2.24, 2.45) is 10.7 Å². The fourth-order valence-corrected chi connectivity index (χ4v) is 2.55. The molecule has 1 aliphatic rings. The van der Waals surface area contributed by atoms with E-state index in [1.165, 1.54) is 0 Å². The lowest BCUT2D eigenvalue weighted by molar-refractivity contribution is 0.538. The molecule has 6 heteroatoms. The molecule has 114 valence electrons. The highest BCUT2D eigenvalue weighted by molar-refractivity contribution is 5.95. The van der Waals surface area contributed by atoms with Crippen LogP contribution in [0.15, 0.2) is 65.7 Å². The molecule has 4 rings (SSSR count). The summed E-state index contributed by atoms with van der Waals surface area (Å²) < 4.78 is 0. The first kappa shape index (κ1) is 13.5. The number of nitrogens with two attached hydrogens (primary N) is 1. The number of aliphatic imine (C=N–C) groups is 1. The highest BCUT2D eigenvalue weighted by atomic mass is 15.3. The normalized spacial score (nSPS) is 19.0. The average Bonchev–Trinajstić information content (AvgIpc) is 2.98. The number of aromatic amines is 1. The smallest absolute Gasteiger partial charge is 0.210 e. The summed E-state index contributed by atoms with van der Waals surface area (Å²) in [5, 5.41) is 13.8. The Morgan fingerprint density at radius 1 is 0.957 bits per heavy atom. The number of H-pyrrole nitrogens is 1. The van der Waals surface area contributed by atoms with E-state index in [1.54, 1.807) is 6.21 Å². The van der Waals surface area contributed by atoms with Gasteiger partial charge in [-0.15, -0.1) is 0 Å². The topological polar surface area (TPSA) is 91.1 Å². The SMILES string of the molecule is NC1(c2ccccc2)N=Cc2c(n[nH]c2Nc2ccccc2)N1. The molecule has 0 fully saturated rings. The molecule has 2 heterocycles. The minimum Gasteiger partial charge on any atom is -0.340 e. The number of anilines is 3. The highest BCUT2D eigenvalue weighted by Crippen LogP contribution is 2.31. The molecule has 5 N–H and O–H groups in total. The van der Waals surface area contributed by atoms with Gasteiger partial charge in [0.05, 0.1) is 5.56 Å². The number of rotatable bonds is 3. The van der Waals surface area contributed by atoms with E-state index in [2.05, 4.69) is 25.8 Å². The molecule has 23 heavy (non-hydrogen) atoms. The van der Waals surface area contributed by atoms with E-state index in [0.29, 0.717) is 5.82 Å². The maximum atomic E-state index is 6.37. The van der Waals surface area contributed by atoms with Gasteiger partial charge in [0.1, 0.15) is 5.82 Å². The van der Waals surface area contributed by atoms with Crippen LogP contribution in [-0.4, -0.2) is 16.4 Å². The van der Waals surface area contributed by atoms with Crippen LogP contribution >= 0.6 is 0 Å². The number of hydrogen-bond acceptors (Lipinski definition) is 5. The molecule has 1 aromatic heterocycles. The molecule has 1 atom stereocenters. The predicted octanol–water partition coefficient (Wildman–Crippen LogP) is 2.77. The lowest BCUT2D eigenvalue weighted by Crippen LogP contribution is -2.44. The highest BCUT2D eigenvalue weighted by Gasteiger charge is 2.31. The van der Waals surface area contributed by atoms with E-state index in [4.69, 9.17) is 5.73 Å². The van der Waals surface area contributed by atoms with Crippen LogP contribution in [0, 0.1) is 0 Å². The molecule has 0 saturated heterocycles. The molecule has 6 nitrogen and oxygen atoms in total. The van der Waals surface area contributed by atoms with Crippen molar-refractivity contribution in [2.45, 2.75) is 5.79 Å². The van der Waals surface area contributed by atoms with Gasteiger partial charge in [0.25, 0.3) is 0 Å². The van der Waals surface area contributed by atoms with Gasteiger partial charge < -0.3 is 10.6 Å². The number of nitrogens with zero attached hydrogens (tertiary/aromatic N) is 2. The van der Waals surface area contributed by atoms with Crippen molar-refractivity contribution in [1.29, 1.82) is 0 Å². The molecular weight excluding hydrogens is 288 g/mol. The standard InChI is InChI=1S/C17H16N6/c18-17(12-7-3-1-4-8-12)19-11-14-15(22-23-16(14)21-17)20-13-9-5-2-6-10-13/h1-11H,18H2,(H3,20,21,22,23). The van der Waals surface area contributed by atoms with Gasteiger partial charge in [-0.3, -0.25) is 10.8 Å². The third-order valence-corrected chi connectivity index (χ3v) is 3.77. The largest absolute Gasteiger partial charge is 0.340 e. The van der Waals surface area contributed by atoms with Crippen LogP contribution in [0.3, 0.4) is 0 Å². The zero-order chi connectivity index (χ0) is 15.7. The van der Waals surface area contributed by atoms with Crippen LogP contribution in [0.2, 0.25) is 0 Å². The first-order chi connectivity index (χ1) is 11.2. The van der Waals surface area contributed by atoms with E-state index < -0.39 is 5.79 Å². The minimum atomic E-state index is -1.01. The van der Waals surface area contributed by atoms with Gasteiger partial charge >= 0.3 is 0 Å². The third-order valence-electron chi connectivity index (χ3n) is 3.77. The number of benzene rings is 2. The first-order valence-corrected chi connectivity index (χ1v) is 7.33. The zero-order valence-corrected chi connectivity index (χ0v) is 12.3. The summed E-state index contributed by atoms with van der Waals surface area (Å²) in [7, 11) is 0. The Balaban J connectivity index is 1.64. The van der Waals surface area contributed by atoms with E-state index in [-0.39, 0.29) is 0 Å². The molecule has 0 radical (unpaired) electrons. The molecule has 0 bridgehead atoms. The minimum absolute atomic E-state index is 0.671. The zero-order valence-electron chi connectivity index (χ0n) is 12.3. The first-order valence-electron chi connectivity index (χ1n) is 7.33. The Morgan fingerprint density at radius 2 is 1.65 bits per heavy atom. The molecule has 0 spiro atoms. The van der Waals surface area contributed by atoms with Gasteiger partial charge in [-0.05, 0) is 12.1 Å². The maximum absolute atomic E-state index is 6.37. The summed E-state index contributed by atoms with van der Waals surface area (Å²) in [4.78, 5) is 4.49. The number of para-hydroxylation sites is 1. The Bertz CT molecular complexity index is 840. The van der Waals surface area contributed by atoms with Crippen LogP contribution in [0.1, 0.15) is 11.1 Å². The molecular formula is C17H16N6. The Labute approximate surface area is 133 Å². The number of nitrogens with one attached hydrogen (secondary N) is 3. The summed E-state index contributed by atoms with van der Waals surface area (Å²) in [6.45, 7) is 0. The van der Waals surface area contributed by atoms with Crippen molar-refractivity contribution < 1.29 is 0 Å². The summed E-state index contributed by atoms with van der Waals surface area (Å²) in [5.41, 5.74) is 9.08. The molecule has 1 unspecified atom stereocenters. The van der Waals surface area contributed by atoms with Crippen molar-refractivity contribution in [1.82, 2.24) is 10.2 Å². The summed E-state index contributed by atoms with van der Waals surface area (Å²) in [6.07, 6.45) is 1.74. The Hall–Kier alpha value is -3.12. The fraction of sp³-hybridized carbons (Fsp3) is 0.0588. The number of hydrogen-bond donors (Lipinski definition) is 4. The second-order valence-electron chi connectivity index (χ2n) is 5.37. The van der Waals surface area contributed by atoms with Gasteiger partial charge in [-0.1, -0.05) is 48.5 Å². The summed E-state index contributed by atoms with van der Waals surface area (Å²) in [5.74, 6) is 0.440. The lowest BCUT2D eigenvalue weighted by Gasteiger charge is -2.29. The van der Waals surface area contributed by atoms with Crippen LogP contribution in [0.5, 0.6) is 0 Å². The van der Waals surface area contributed by atoms with E-state index in [0.717, 1.165) is 22.6 Å². The van der Waals surface area contributed by atoms with Gasteiger partial charge in [0.2, 0.25) is 5.79 Å². The van der Waals surface area contributed by atoms with Gasteiger partial charge in [0, 0.05) is 17.5 Å². The second kappa shape index (κ2) is 5.26. The van der Waals surface area contributed by atoms with E-state index >= 15 is 0 Å². The predicted molar refractivity (Wildman–Crippen MR) is 91.8 cm³/mol. The monoisotopic (exact) mass is 304 g/mol. The fourth-order valence-electron chi connectivity index (χ4n) is 2.55. The third kappa shape index (κ3) is 2.45. The molecule has 0 aliphatic carbocycles. The molecule has 1 aliphatic heterocycles. The summed E-state index contributed by atoms with van der Waals surface area (Å²) >= 11 is 0. The van der Waals surface area contributed by atoms with E-state index in [1.807, 2.05) is 60.7 Å². The van der Waals surface area contributed by atoms with Gasteiger partial charge in [0.15, 0.2) is 5.82 Å². The van der Waals surface area contributed by atoms with Crippen molar-refractivity contribution in [3.8, 4) is 0 Å². The van der Waals surface area contributed by atoms with Crippen LogP contribution < -0.4 is 16.4 Å². The molecule has 0 saturated carbocycles. The Morgan fingerprint density at radius 3 is 2.39 bits per heavy atom. The summed E-state index contributed by atoms with van der Waals surface area (Å²) in [6, 6.07) is 19.6. The molecule has 2 aromatic carbocycles. The van der Waals surface area contributed by atoms with Crippen molar-refractivity contribution >= 4 is 23.5 Å². The van der Waals surface area contributed by atoms with Crippen molar-refractivity contribution in [2.75, 3.05) is 10.6 Å². The van der Waals surface area contributed by atoms with Crippen molar-refractivity contribution in [3.05, 3.63) is 71.8 Å². The van der Waals surface area contributed by atoms with Crippen molar-refractivity contribution in [3.63, 3.8) is 0 Å². The van der Waals surface area contributed by atoms with Gasteiger partial charge in [-0.2, -0.15) is 5.10 Å². The maximum Gasteiger partial charge on any atom is 0.210 e. The lowest BCUT2D eigenvalue weighted by atomic mass is 10.1. The molecule has 0 amide bonds. The quantitative estimate of drug-likeness (QED) is 0.599. The van der Waals surface area contributed by atoms with Crippen LogP contribution in [0.25, 0.3) is 0 Å². The Kier molecular flexibility index (Phi) is 3.09. The van der Waals surface area contributed by atoms with Crippen LogP contribution in [-0.2, 0) is 5.79 Å².